The topological polar surface area (TPSA) is 23.6 Å². The van der Waals surface area contributed by atoms with E-state index in [0.29, 0.717) is 6.54 Å². The molecule has 98 valence electrons. The highest BCUT2D eigenvalue weighted by Crippen LogP contribution is 2.34. The van der Waals surface area contributed by atoms with Gasteiger partial charge in [-0.05, 0) is 45.5 Å². The van der Waals surface area contributed by atoms with Crippen molar-refractivity contribution in [1.82, 2.24) is 9.80 Å². The zero-order valence-corrected chi connectivity index (χ0v) is 11.7. The van der Waals surface area contributed by atoms with Crippen molar-refractivity contribution in [3.63, 3.8) is 0 Å². The van der Waals surface area contributed by atoms with E-state index in [2.05, 4.69) is 38.1 Å². The van der Waals surface area contributed by atoms with E-state index in [1.54, 1.807) is 0 Å². The lowest BCUT2D eigenvalue weighted by Gasteiger charge is -2.44. The summed E-state index contributed by atoms with van der Waals surface area (Å²) in [4.78, 5) is 16.3. The van der Waals surface area contributed by atoms with Crippen molar-refractivity contribution in [2.24, 2.45) is 0 Å². The lowest BCUT2D eigenvalue weighted by Crippen LogP contribution is -2.52. The van der Waals surface area contributed by atoms with Crippen LogP contribution in [0.3, 0.4) is 0 Å². The molecule has 0 atom stereocenters. The van der Waals surface area contributed by atoms with Gasteiger partial charge in [0.25, 0.3) is 0 Å². The Morgan fingerprint density at radius 2 is 2.00 bits per heavy atom. The molecule has 0 aromatic heterocycles. The van der Waals surface area contributed by atoms with Crippen LogP contribution in [0.2, 0.25) is 0 Å². The zero-order valence-electron chi connectivity index (χ0n) is 11.7. The number of carbonyl (C=O) groups excluding carboxylic acids is 1. The van der Waals surface area contributed by atoms with E-state index in [1.165, 1.54) is 11.1 Å². The fraction of sp³-hybridized carbons (Fsp3) is 0.533. The second-order valence-corrected chi connectivity index (χ2v) is 5.75. The van der Waals surface area contributed by atoms with Crippen LogP contribution in [0.15, 0.2) is 24.3 Å². The largest absolute Gasteiger partial charge is 0.332 e. The molecule has 0 aliphatic carbocycles. The highest BCUT2D eigenvalue weighted by atomic mass is 16.2. The van der Waals surface area contributed by atoms with Crippen LogP contribution < -0.4 is 0 Å². The maximum absolute atomic E-state index is 12.3. The van der Waals surface area contributed by atoms with Crippen LogP contribution in [0.25, 0.3) is 0 Å². The minimum Gasteiger partial charge on any atom is -0.332 e. The summed E-state index contributed by atoms with van der Waals surface area (Å²) in [6.45, 7) is 5.57. The highest BCUT2D eigenvalue weighted by Gasteiger charge is 2.36. The number of amides is 1. The predicted molar refractivity (Wildman–Crippen MR) is 73.4 cm³/mol. The van der Waals surface area contributed by atoms with Gasteiger partial charge >= 0.3 is 0 Å². The molecule has 0 N–H and O–H groups in total. The Bertz CT molecular complexity index is 452. The molecule has 0 saturated heterocycles. The number of fused-ring (bicyclic) bond motifs is 1. The number of rotatable bonds is 2. The van der Waals surface area contributed by atoms with Crippen LogP contribution in [0, 0.1) is 0 Å². The van der Waals surface area contributed by atoms with Crippen LogP contribution >= 0.6 is 0 Å². The lowest BCUT2D eigenvalue weighted by atomic mass is 9.83. The molecule has 0 spiro atoms. The van der Waals surface area contributed by atoms with E-state index in [4.69, 9.17) is 0 Å². The van der Waals surface area contributed by atoms with Gasteiger partial charge in [-0.15, -0.1) is 0 Å². The van der Waals surface area contributed by atoms with Gasteiger partial charge < -0.3 is 9.80 Å². The first-order valence-corrected chi connectivity index (χ1v) is 6.46. The van der Waals surface area contributed by atoms with Gasteiger partial charge in [-0.25, -0.2) is 0 Å². The predicted octanol–water partition coefficient (Wildman–Crippen LogP) is 1.87. The van der Waals surface area contributed by atoms with Crippen molar-refractivity contribution in [3.8, 4) is 0 Å². The lowest BCUT2D eigenvalue weighted by molar-refractivity contribution is -0.138. The molecule has 1 heterocycles. The summed E-state index contributed by atoms with van der Waals surface area (Å²) in [5.41, 5.74) is 2.45. The first-order valence-electron chi connectivity index (χ1n) is 6.46. The Morgan fingerprint density at radius 3 is 2.67 bits per heavy atom. The normalized spacial score (nSPS) is 17.7. The van der Waals surface area contributed by atoms with E-state index in [0.717, 1.165) is 13.0 Å². The third-order valence-electron chi connectivity index (χ3n) is 3.71. The molecule has 1 aliphatic heterocycles. The van der Waals surface area contributed by atoms with Crippen LogP contribution in [-0.4, -0.2) is 42.9 Å². The Hall–Kier alpha value is -1.35. The third kappa shape index (κ3) is 2.27. The van der Waals surface area contributed by atoms with Gasteiger partial charge in [0, 0.05) is 6.54 Å². The number of hydrogen-bond donors (Lipinski definition) is 0. The molecule has 3 nitrogen and oxygen atoms in total. The molecule has 0 fully saturated rings. The van der Waals surface area contributed by atoms with Crippen molar-refractivity contribution < 1.29 is 4.79 Å². The molecular formula is C15H22N2O. The Balaban J connectivity index is 2.30. The van der Waals surface area contributed by atoms with E-state index in [9.17, 15) is 4.79 Å². The molecule has 2 rings (SSSR count). The summed E-state index contributed by atoms with van der Waals surface area (Å²) >= 11 is 0. The first-order chi connectivity index (χ1) is 8.43. The Kier molecular flexibility index (Phi) is 3.44. The first kappa shape index (κ1) is 13.1. The second kappa shape index (κ2) is 4.73. The number of nitrogens with zero attached hydrogens (tertiary/aromatic N) is 2. The maximum Gasteiger partial charge on any atom is 0.237 e. The zero-order chi connectivity index (χ0) is 13.3. The Morgan fingerprint density at radius 1 is 1.33 bits per heavy atom. The summed E-state index contributed by atoms with van der Waals surface area (Å²) in [5.74, 6) is 0.208. The standard InChI is InChI=1S/C15H22N2O/c1-15(2)13-8-6-5-7-12(13)9-10-17(15)14(18)11-16(3)4/h5-8H,9-11H2,1-4H3. The van der Waals surface area contributed by atoms with Crippen LogP contribution in [-0.2, 0) is 16.8 Å². The van der Waals surface area contributed by atoms with Crippen molar-refractivity contribution in [2.75, 3.05) is 27.2 Å². The summed E-state index contributed by atoms with van der Waals surface area (Å²) in [6, 6.07) is 8.45. The van der Waals surface area contributed by atoms with Crippen molar-refractivity contribution in [1.29, 1.82) is 0 Å². The van der Waals surface area contributed by atoms with Gasteiger partial charge in [-0.3, -0.25) is 4.79 Å². The van der Waals surface area contributed by atoms with Gasteiger partial charge in [0.05, 0.1) is 12.1 Å². The molecule has 1 amide bonds. The van der Waals surface area contributed by atoms with Gasteiger partial charge in [0.2, 0.25) is 5.91 Å². The molecule has 0 bridgehead atoms. The molecular weight excluding hydrogens is 224 g/mol. The minimum absolute atomic E-state index is 0.206. The molecule has 0 saturated carbocycles. The number of likely N-dealkylation sites (N-methyl/N-ethyl adjacent to an activating group) is 1. The average Bonchev–Trinajstić information content (AvgIpc) is 2.28. The Labute approximate surface area is 109 Å². The van der Waals surface area contributed by atoms with Crippen molar-refractivity contribution >= 4 is 5.91 Å². The van der Waals surface area contributed by atoms with Crippen LogP contribution in [0.5, 0.6) is 0 Å². The van der Waals surface area contributed by atoms with Gasteiger partial charge in [0.15, 0.2) is 0 Å². The third-order valence-corrected chi connectivity index (χ3v) is 3.71. The van der Waals surface area contributed by atoms with Crippen molar-refractivity contribution in [3.05, 3.63) is 35.4 Å². The molecule has 1 aromatic rings. The van der Waals surface area contributed by atoms with E-state index in [-0.39, 0.29) is 11.4 Å². The quantitative estimate of drug-likeness (QED) is 0.795. The molecule has 0 unspecified atom stereocenters. The average molecular weight is 246 g/mol. The fourth-order valence-electron chi connectivity index (χ4n) is 2.78. The number of carbonyl (C=O) groups is 1. The van der Waals surface area contributed by atoms with Gasteiger partial charge in [0.1, 0.15) is 0 Å². The van der Waals surface area contributed by atoms with Gasteiger partial charge in [-0.2, -0.15) is 0 Å². The van der Waals surface area contributed by atoms with Crippen molar-refractivity contribution in [2.45, 2.75) is 25.8 Å². The second-order valence-electron chi connectivity index (χ2n) is 5.75. The summed E-state index contributed by atoms with van der Waals surface area (Å²) in [5, 5.41) is 0. The summed E-state index contributed by atoms with van der Waals surface area (Å²) < 4.78 is 0. The number of hydrogen-bond acceptors (Lipinski definition) is 2. The number of benzene rings is 1. The van der Waals surface area contributed by atoms with Crippen LogP contribution in [0.1, 0.15) is 25.0 Å². The highest BCUT2D eigenvalue weighted by molar-refractivity contribution is 5.79. The molecule has 3 heteroatoms. The smallest absolute Gasteiger partial charge is 0.237 e. The van der Waals surface area contributed by atoms with Crippen LogP contribution in [0.4, 0.5) is 0 Å². The maximum atomic E-state index is 12.3. The monoisotopic (exact) mass is 246 g/mol. The molecule has 0 radical (unpaired) electrons. The minimum atomic E-state index is -0.206. The fourth-order valence-corrected chi connectivity index (χ4v) is 2.78. The van der Waals surface area contributed by atoms with E-state index < -0.39 is 0 Å². The van der Waals surface area contributed by atoms with E-state index in [1.807, 2.05) is 23.9 Å². The SMILES string of the molecule is CN(C)CC(=O)N1CCc2ccccc2C1(C)C. The molecule has 1 aromatic carbocycles. The summed E-state index contributed by atoms with van der Waals surface area (Å²) in [7, 11) is 3.87. The van der Waals surface area contributed by atoms with Gasteiger partial charge in [-0.1, -0.05) is 24.3 Å². The summed E-state index contributed by atoms with van der Waals surface area (Å²) in [6.07, 6.45) is 0.957. The van der Waals surface area contributed by atoms with E-state index >= 15 is 0 Å². The molecule has 1 aliphatic rings. The molecule has 18 heavy (non-hydrogen) atoms.